The molecule has 3 aromatic heterocycles. The van der Waals surface area contributed by atoms with Crippen molar-refractivity contribution in [3.8, 4) is 0 Å². The minimum atomic E-state index is -1.35. The molecule has 2 saturated heterocycles. The third-order valence-electron chi connectivity index (χ3n) is 15.8. The topological polar surface area (TPSA) is 420 Å². The van der Waals surface area contributed by atoms with Gasteiger partial charge in [-0.25, -0.2) is 9.78 Å². The average molecular weight is 1300 g/mol. The van der Waals surface area contributed by atoms with Crippen LogP contribution in [0.2, 0.25) is 0 Å². The van der Waals surface area contributed by atoms with Crippen molar-refractivity contribution >= 4 is 81.9 Å². The van der Waals surface area contributed by atoms with Crippen LogP contribution in [-0.2, 0) is 83.2 Å². The Kier molecular flexibility index (Phi) is 28.0. The second kappa shape index (κ2) is 36.2. The first kappa shape index (κ1) is 71.3. The first-order chi connectivity index (χ1) is 44.2. The van der Waals surface area contributed by atoms with Gasteiger partial charge in [0.25, 0.3) is 0 Å². The molecule has 504 valence electrons. The molecule has 0 spiro atoms. The zero-order valence-corrected chi connectivity index (χ0v) is 53.8. The Hall–Kier alpha value is -8.16. The normalized spacial score (nSPS) is 24.1. The summed E-state index contributed by atoms with van der Waals surface area (Å²) < 4.78 is 18.3. The number of imidazole rings is 1. The van der Waals surface area contributed by atoms with E-state index in [9.17, 15) is 47.9 Å². The number of aromatic nitrogens is 6. The van der Waals surface area contributed by atoms with Crippen molar-refractivity contribution in [2.75, 3.05) is 51.9 Å². The molecule has 30 nitrogen and oxygen atoms in total. The third-order valence-corrected chi connectivity index (χ3v) is 17.4. The van der Waals surface area contributed by atoms with Crippen LogP contribution in [0, 0.1) is 11.8 Å². The molecule has 0 aliphatic carbocycles. The fourth-order valence-corrected chi connectivity index (χ4v) is 12.6. The number of nitrogens with two attached hydrogens (primary N) is 1. The number of carbonyl (C=O) groups excluding carboxylic acids is 10. The number of nitrogens with one attached hydrogen (secondary N) is 12. The van der Waals surface area contributed by atoms with Crippen molar-refractivity contribution in [2.45, 2.75) is 178 Å². The number of ether oxygens (including phenoxy) is 3. The summed E-state index contributed by atoms with van der Waals surface area (Å²) in [6, 6.07) is -1.13. The van der Waals surface area contributed by atoms with Gasteiger partial charge in [-0.05, 0) is 75.3 Å². The van der Waals surface area contributed by atoms with E-state index >= 15 is 0 Å². The van der Waals surface area contributed by atoms with Gasteiger partial charge in [-0.1, -0.05) is 57.5 Å². The Balaban J connectivity index is 0.977. The number of aryl methyl sites for hydroxylation is 1. The van der Waals surface area contributed by atoms with Crippen LogP contribution in [0.15, 0.2) is 49.2 Å². The third kappa shape index (κ3) is 22.9. The number of rotatable bonds is 26. The van der Waals surface area contributed by atoms with Gasteiger partial charge >= 0.3 is 6.03 Å². The highest BCUT2D eigenvalue weighted by atomic mass is 32.2. The standard InChI is InChI=1S/C61H91N17O13S/c1-35(2)24-44-57(84)71-45(25-36(3)4)58(85)72-46(26-38-29-65-42-13-7-6-12-41(38)42)59(86)69-43(54(62)81)14-10-11-18-78-31-40(76-77-78)28-47(60(87)73-48(27-39-30-63-34-66-39)56(83)67-37(5)55(82)70-44)68-52(80)32-91-23-22-90-21-20-89-19-17-64-51(79)16-9-8-15-50-53-49(33-92-50)74-61(88)75-53/h6-7,12-13,29-31,34-37,43-50,53,65H,8-11,14-28,32-33H2,1-5H3,(H2,62,81)(H,63,66)(H,64,79)(H,67,83)(H,68,80)(H,69,86)(H,70,82)(H,71,84)(H,72,85)(H,73,87)(H2,74,75,88)/t37-,43+,44-,45-,46-,47+,48-,49-,50?,53-/m1/s1. The molecule has 3 aliphatic rings. The molecule has 6 heterocycles. The first-order valence-corrected chi connectivity index (χ1v) is 32.7. The van der Waals surface area contributed by atoms with Gasteiger partial charge in [-0.2, -0.15) is 11.8 Å². The van der Waals surface area contributed by atoms with Crippen LogP contribution in [0.1, 0.15) is 109 Å². The minimum Gasteiger partial charge on any atom is -0.377 e. The Bertz CT molecular complexity index is 3100. The van der Waals surface area contributed by atoms with E-state index in [1.165, 1.54) is 24.1 Å². The number of para-hydroxylation sites is 1. The fourth-order valence-electron chi connectivity index (χ4n) is 11.1. The summed E-state index contributed by atoms with van der Waals surface area (Å²) in [5.41, 5.74) is 8.11. The average Bonchev–Trinajstić information content (AvgIpc) is 1.72. The highest BCUT2D eigenvalue weighted by molar-refractivity contribution is 8.00. The SMILES string of the molecule is CC(C)C[C@H]1NC(=O)[C@@H](C)NC(=O)[C@@H](Cc2cnc[nH]2)NC(=O)[C@@H](NC(=O)COCCOCCOCCNC(=O)CCCCC2SC[C@H]3NC(=O)N[C@@H]23)Cc2cn(nn2)CCCC[C@@H](C(N)=O)NC(=O)[C@@H](Cc2c[nH]c3ccccc23)NC(=O)[C@@H](CC(C)C)NC1=O. The number of urea groups is 1. The molecule has 10 atom stereocenters. The summed E-state index contributed by atoms with van der Waals surface area (Å²) in [5.74, 6) is -5.34. The Labute approximate surface area is 538 Å². The quantitative estimate of drug-likeness (QED) is 0.0280. The Morgan fingerprint density at radius 3 is 2.11 bits per heavy atom. The van der Waals surface area contributed by atoms with Crippen LogP contribution in [0.4, 0.5) is 4.79 Å². The van der Waals surface area contributed by atoms with Gasteiger partial charge in [-0.3, -0.25) is 47.8 Å². The molecule has 1 unspecified atom stereocenters. The van der Waals surface area contributed by atoms with Gasteiger partial charge < -0.3 is 83.1 Å². The van der Waals surface area contributed by atoms with Crippen molar-refractivity contribution in [1.29, 1.82) is 0 Å². The van der Waals surface area contributed by atoms with E-state index in [2.05, 4.69) is 78.4 Å². The van der Waals surface area contributed by atoms with Gasteiger partial charge in [0.15, 0.2) is 0 Å². The van der Waals surface area contributed by atoms with Gasteiger partial charge in [0, 0.05) is 85.0 Å². The molecule has 14 N–H and O–H groups in total. The van der Waals surface area contributed by atoms with Gasteiger partial charge in [0.1, 0.15) is 48.9 Å². The number of primary amides is 1. The molecule has 31 heteroatoms. The van der Waals surface area contributed by atoms with Crippen molar-refractivity contribution in [2.24, 2.45) is 17.6 Å². The summed E-state index contributed by atoms with van der Waals surface area (Å²) >= 11 is 1.85. The van der Waals surface area contributed by atoms with Gasteiger partial charge in [0.05, 0.1) is 57.1 Å². The predicted molar refractivity (Wildman–Crippen MR) is 339 cm³/mol. The molecule has 7 rings (SSSR count). The number of benzene rings is 1. The number of hydrogen-bond donors (Lipinski definition) is 13. The van der Waals surface area contributed by atoms with E-state index in [-0.39, 0.29) is 120 Å². The highest BCUT2D eigenvalue weighted by Gasteiger charge is 2.43. The van der Waals surface area contributed by atoms with Crippen LogP contribution in [0.5, 0.6) is 0 Å². The molecule has 11 amide bonds. The highest BCUT2D eigenvalue weighted by Crippen LogP contribution is 2.33. The molecule has 92 heavy (non-hydrogen) atoms. The number of thioether (sulfide) groups is 1. The van der Waals surface area contributed by atoms with Gasteiger partial charge in [0.2, 0.25) is 53.2 Å². The van der Waals surface area contributed by atoms with Crippen molar-refractivity contribution in [1.82, 2.24) is 83.1 Å². The molecule has 2 fully saturated rings. The number of aromatic amines is 2. The maximum absolute atomic E-state index is 14.5. The monoisotopic (exact) mass is 1300 g/mol. The minimum absolute atomic E-state index is 0.00598. The lowest BCUT2D eigenvalue weighted by molar-refractivity contribution is -0.136. The van der Waals surface area contributed by atoms with Crippen LogP contribution in [0.3, 0.4) is 0 Å². The van der Waals surface area contributed by atoms with Crippen molar-refractivity contribution in [3.63, 3.8) is 0 Å². The predicted octanol–water partition coefficient (Wildman–Crippen LogP) is -0.423. The molecule has 0 radical (unpaired) electrons. The summed E-state index contributed by atoms with van der Waals surface area (Å²) in [7, 11) is 0. The number of hydrogen-bond acceptors (Lipinski definition) is 17. The van der Waals surface area contributed by atoms with E-state index in [0.29, 0.717) is 42.3 Å². The lowest BCUT2D eigenvalue weighted by atomic mass is 9.98. The summed E-state index contributed by atoms with van der Waals surface area (Å²) in [4.78, 5) is 147. The van der Waals surface area contributed by atoms with E-state index in [4.69, 9.17) is 19.9 Å². The number of carbonyl (C=O) groups is 10. The molecule has 0 saturated carbocycles. The van der Waals surface area contributed by atoms with Crippen LogP contribution in [-0.4, -0.2) is 201 Å². The second-order valence-electron chi connectivity index (χ2n) is 24.3. The lowest BCUT2D eigenvalue weighted by Crippen LogP contribution is -2.60. The fraction of sp³-hybridized carbons (Fsp3) is 0.623. The zero-order valence-electron chi connectivity index (χ0n) is 53.0. The lowest BCUT2D eigenvalue weighted by Gasteiger charge is -2.28. The largest absolute Gasteiger partial charge is 0.377 e. The maximum Gasteiger partial charge on any atom is 0.315 e. The first-order valence-electron chi connectivity index (χ1n) is 31.7. The summed E-state index contributed by atoms with van der Waals surface area (Å²) in [6.07, 6.45) is 9.97. The Morgan fingerprint density at radius 2 is 1.39 bits per heavy atom. The Morgan fingerprint density at radius 1 is 0.728 bits per heavy atom. The number of amides is 11. The molecular weight excluding hydrogens is 1210 g/mol. The van der Waals surface area contributed by atoms with Gasteiger partial charge in [-0.15, -0.1) is 5.10 Å². The number of unbranched alkanes of at least 4 members (excludes halogenated alkanes) is 1. The number of H-pyrrole nitrogens is 2. The number of fused-ring (bicyclic) bond motifs is 4. The molecule has 4 aromatic rings. The second-order valence-corrected chi connectivity index (χ2v) is 25.6. The summed E-state index contributed by atoms with van der Waals surface area (Å²) in [6.45, 7) is 9.83. The molecule has 2 bridgehead atoms. The van der Waals surface area contributed by atoms with Crippen molar-refractivity contribution < 1.29 is 62.2 Å². The van der Waals surface area contributed by atoms with Crippen LogP contribution in [0.25, 0.3) is 10.9 Å². The molecule has 1 aromatic carbocycles. The molecule has 3 aliphatic heterocycles. The van der Waals surface area contributed by atoms with Crippen LogP contribution >= 0.6 is 11.8 Å². The van der Waals surface area contributed by atoms with E-state index in [1.807, 2.05) is 63.7 Å². The van der Waals surface area contributed by atoms with E-state index in [0.717, 1.165) is 35.9 Å². The van der Waals surface area contributed by atoms with Crippen molar-refractivity contribution in [3.05, 3.63) is 66.1 Å². The number of nitrogens with zero attached hydrogens (tertiary/aromatic N) is 4. The maximum atomic E-state index is 14.5. The smallest absolute Gasteiger partial charge is 0.315 e. The molecular formula is C61H91N17O13S. The summed E-state index contributed by atoms with van der Waals surface area (Å²) in [5, 5.41) is 37.7. The zero-order chi connectivity index (χ0) is 66.1. The van der Waals surface area contributed by atoms with E-state index < -0.39 is 96.2 Å². The van der Waals surface area contributed by atoms with Crippen LogP contribution < -0.4 is 58.9 Å². The van der Waals surface area contributed by atoms with E-state index in [1.54, 1.807) is 12.4 Å².